The van der Waals surface area contributed by atoms with Gasteiger partial charge in [0.1, 0.15) is 17.0 Å². The summed E-state index contributed by atoms with van der Waals surface area (Å²) in [6.07, 6.45) is 0.372. The molecule has 0 bridgehead atoms. The van der Waals surface area contributed by atoms with Crippen molar-refractivity contribution in [3.63, 3.8) is 0 Å². The van der Waals surface area contributed by atoms with Crippen LogP contribution in [0.5, 0.6) is 0 Å². The summed E-state index contributed by atoms with van der Waals surface area (Å²) in [5.74, 6) is -2.39. The lowest BCUT2D eigenvalue weighted by molar-refractivity contribution is -0.126. The van der Waals surface area contributed by atoms with Gasteiger partial charge < -0.3 is 21.0 Å². The normalized spacial score (nSPS) is 18.3. The van der Waals surface area contributed by atoms with Crippen molar-refractivity contribution in [3.05, 3.63) is 29.8 Å². The molecule has 0 saturated carbocycles. The van der Waals surface area contributed by atoms with Crippen LogP contribution >= 0.6 is 0 Å². The number of anilines is 1. The Balaban J connectivity index is 2.29. The van der Waals surface area contributed by atoms with E-state index in [9.17, 15) is 13.6 Å². The molecule has 0 aliphatic carbocycles. The van der Waals surface area contributed by atoms with Crippen LogP contribution in [0.2, 0.25) is 0 Å². The van der Waals surface area contributed by atoms with E-state index < -0.39 is 23.0 Å². The van der Waals surface area contributed by atoms with Crippen molar-refractivity contribution < 1.29 is 23.5 Å². The Bertz CT molecular complexity index is 572. The lowest BCUT2D eigenvalue weighted by Gasteiger charge is -2.34. The third-order valence-corrected chi connectivity index (χ3v) is 3.56. The Morgan fingerprint density at radius 1 is 1.38 bits per heavy atom. The first-order valence-corrected chi connectivity index (χ1v) is 6.32. The third kappa shape index (κ3) is 2.94. The fraction of sp³-hybridized carbons (Fsp3) is 0.385. The molecule has 1 saturated heterocycles. The summed E-state index contributed by atoms with van der Waals surface area (Å²) in [6.45, 7) is 0.491. The molecule has 0 spiro atoms. The van der Waals surface area contributed by atoms with Crippen LogP contribution in [0.15, 0.2) is 23.4 Å². The van der Waals surface area contributed by atoms with Crippen molar-refractivity contribution in [2.45, 2.75) is 12.8 Å². The highest BCUT2D eigenvalue weighted by Gasteiger charge is 2.44. The summed E-state index contributed by atoms with van der Waals surface area (Å²) in [5.41, 5.74) is 4.03. The molecule has 21 heavy (non-hydrogen) atoms. The topological polar surface area (TPSA) is 96.9 Å². The predicted octanol–water partition coefficient (Wildman–Crippen LogP) is 1.45. The maximum atomic E-state index is 13.6. The number of amidine groups is 1. The van der Waals surface area contributed by atoms with Crippen molar-refractivity contribution in [2.75, 3.05) is 18.5 Å². The molecule has 1 aromatic carbocycles. The summed E-state index contributed by atoms with van der Waals surface area (Å²) in [4.78, 5) is 12.4. The van der Waals surface area contributed by atoms with Gasteiger partial charge in [0, 0.05) is 19.3 Å². The van der Waals surface area contributed by atoms with E-state index in [-0.39, 0.29) is 37.6 Å². The Hall–Kier alpha value is -2.22. The van der Waals surface area contributed by atoms with Crippen LogP contribution in [0, 0.1) is 17.0 Å². The second kappa shape index (κ2) is 6.04. The van der Waals surface area contributed by atoms with Crippen molar-refractivity contribution in [1.29, 1.82) is 0 Å². The van der Waals surface area contributed by atoms with Crippen LogP contribution in [-0.2, 0) is 9.53 Å². The van der Waals surface area contributed by atoms with Gasteiger partial charge in [-0.15, -0.1) is 0 Å². The van der Waals surface area contributed by atoms with Crippen LogP contribution in [-0.4, -0.2) is 30.2 Å². The summed E-state index contributed by atoms with van der Waals surface area (Å²) in [6, 6.07) is 2.72. The van der Waals surface area contributed by atoms with Gasteiger partial charge in [0.15, 0.2) is 5.84 Å². The maximum Gasteiger partial charge on any atom is 0.238 e. The highest BCUT2D eigenvalue weighted by molar-refractivity contribution is 6.12. The molecule has 0 atom stereocenters. The number of benzene rings is 1. The van der Waals surface area contributed by atoms with Gasteiger partial charge in [-0.1, -0.05) is 5.16 Å². The van der Waals surface area contributed by atoms with Crippen LogP contribution in [0.1, 0.15) is 12.8 Å². The molecule has 0 aromatic heterocycles. The maximum absolute atomic E-state index is 13.6. The number of carbonyl (C=O) groups is 1. The standard InChI is InChI=1S/C13H15F2N3O3/c14-8-1-2-9(15)10(7-8)17-12(19)13(11(16)18-20)3-5-21-6-4-13/h1-2,7,20H,3-6H2,(H2,16,18)(H,17,19). The molecule has 114 valence electrons. The lowest BCUT2D eigenvalue weighted by Crippen LogP contribution is -2.50. The first-order valence-electron chi connectivity index (χ1n) is 6.32. The highest BCUT2D eigenvalue weighted by Crippen LogP contribution is 2.33. The minimum atomic E-state index is -1.30. The molecular formula is C13H15F2N3O3. The number of rotatable bonds is 3. The fourth-order valence-electron chi connectivity index (χ4n) is 2.25. The predicted molar refractivity (Wildman–Crippen MR) is 70.9 cm³/mol. The Morgan fingerprint density at radius 2 is 2.05 bits per heavy atom. The number of hydrogen-bond donors (Lipinski definition) is 3. The second-order valence-corrected chi connectivity index (χ2v) is 4.76. The Labute approximate surface area is 119 Å². The number of carbonyl (C=O) groups excluding carboxylic acids is 1. The average molecular weight is 299 g/mol. The Kier molecular flexibility index (Phi) is 4.37. The first-order chi connectivity index (χ1) is 9.99. The zero-order chi connectivity index (χ0) is 15.5. The minimum Gasteiger partial charge on any atom is -0.409 e. The molecule has 1 heterocycles. The number of nitrogens with one attached hydrogen (secondary N) is 1. The van der Waals surface area contributed by atoms with Gasteiger partial charge in [-0.3, -0.25) is 4.79 Å². The van der Waals surface area contributed by atoms with Gasteiger partial charge >= 0.3 is 0 Å². The van der Waals surface area contributed by atoms with Crippen molar-refractivity contribution in [1.82, 2.24) is 0 Å². The van der Waals surface area contributed by atoms with Gasteiger partial charge in [-0.2, -0.15) is 0 Å². The number of oxime groups is 1. The number of ether oxygens (including phenoxy) is 1. The summed E-state index contributed by atoms with van der Waals surface area (Å²) < 4.78 is 31.9. The van der Waals surface area contributed by atoms with Crippen LogP contribution in [0.3, 0.4) is 0 Å². The van der Waals surface area contributed by atoms with Gasteiger partial charge in [0.25, 0.3) is 0 Å². The van der Waals surface area contributed by atoms with E-state index in [1.54, 1.807) is 0 Å². The summed E-state index contributed by atoms with van der Waals surface area (Å²) in [5, 5.41) is 14.1. The van der Waals surface area contributed by atoms with Gasteiger partial charge in [-0.05, 0) is 25.0 Å². The van der Waals surface area contributed by atoms with E-state index in [4.69, 9.17) is 15.7 Å². The van der Waals surface area contributed by atoms with E-state index in [0.717, 1.165) is 18.2 Å². The Morgan fingerprint density at radius 3 is 2.67 bits per heavy atom. The third-order valence-electron chi connectivity index (χ3n) is 3.56. The molecule has 0 unspecified atom stereocenters. The monoisotopic (exact) mass is 299 g/mol. The molecule has 0 radical (unpaired) electrons. The van der Waals surface area contributed by atoms with Gasteiger partial charge in [-0.25, -0.2) is 8.78 Å². The van der Waals surface area contributed by atoms with Crippen molar-refractivity contribution >= 4 is 17.4 Å². The lowest BCUT2D eigenvalue weighted by atomic mass is 9.78. The number of nitrogens with two attached hydrogens (primary N) is 1. The molecule has 1 aliphatic heterocycles. The van der Waals surface area contributed by atoms with Crippen molar-refractivity contribution in [2.24, 2.45) is 16.3 Å². The highest BCUT2D eigenvalue weighted by atomic mass is 19.1. The van der Waals surface area contributed by atoms with Crippen LogP contribution in [0.25, 0.3) is 0 Å². The fourth-order valence-corrected chi connectivity index (χ4v) is 2.25. The second-order valence-electron chi connectivity index (χ2n) is 4.76. The molecule has 2 rings (SSSR count). The van der Waals surface area contributed by atoms with Crippen LogP contribution < -0.4 is 11.1 Å². The molecule has 1 amide bonds. The zero-order valence-electron chi connectivity index (χ0n) is 11.1. The number of hydrogen-bond acceptors (Lipinski definition) is 4. The first kappa shape index (κ1) is 15.2. The summed E-state index contributed by atoms with van der Waals surface area (Å²) >= 11 is 0. The minimum absolute atomic E-state index is 0.186. The molecule has 1 aromatic rings. The quantitative estimate of drug-likeness (QED) is 0.340. The number of amides is 1. The van der Waals surface area contributed by atoms with Gasteiger partial charge in [0.2, 0.25) is 5.91 Å². The molecule has 1 aliphatic rings. The van der Waals surface area contributed by atoms with E-state index >= 15 is 0 Å². The zero-order valence-corrected chi connectivity index (χ0v) is 11.1. The molecule has 4 N–H and O–H groups in total. The average Bonchev–Trinajstić information content (AvgIpc) is 2.50. The van der Waals surface area contributed by atoms with E-state index in [1.165, 1.54) is 0 Å². The van der Waals surface area contributed by atoms with Crippen molar-refractivity contribution in [3.8, 4) is 0 Å². The molecule has 8 heteroatoms. The van der Waals surface area contributed by atoms with E-state index in [1.807, 2.05) is 0 Å². The number of halogens is 2. The SMILES string of the molecule is NC(=NO)C1(C(=O)Nc2cc(F)ccc2F)CCOCC1. The van der Waals surface area contributed by atoms with E-state index in [2.05, 4.69) is 10.5 Å². The van der Waals surface area contributed by atoms with Crippen LogP contribution in [0.4, 0.5) is 14.5 Å². The molecule has 1 fully saturated rings. The smallest absolute Gasteiger partial charge is 0.238 e. The number of nitrogens with zero attached hydrogens (tertiary/aromatic N) is 1. The van der Waals surface area contributed by atoms with Gasteiger partial charge in [0.05, 0.1) is 5.69 Å². The molecular weight excluding hydrogens is 284 g/mol. The molecule has 6 nitrogen and oxygen atoms in total. The largest absolute Gasteiger partial charge is 0.409 e. The van der Waals surface area contributed by atoms with E-state index in [0.29, 0.717) is 0 Å². The summed E-state index contributed by atoms with van der Waals surface area (Å²) in [7, 11) is 0.